The van der Waals surface area contributed by atoms with Crippen molar-refractivity contribution in [2.45, 2.75) is 18.9 Å². The van der Waals surface area contributed by atoms with Crippen LogP contribution in [-0.2, 0) is 0 Å². The number of hydrogen-bond donors (Lipinski definition) is 0. The molecule has 27 heavy (non-hydrogen) atoms. The highest BCUT2D eigenvalue weighted by atomic mass is 35.5. The van der Waals surface area contributed by atoms with Crippen LogP contribution in [0.3, 0.4) is 0 Å². The molecule has 3 heterocycles. The lowest BCUT2D eigenvalue weighted by molar-refractivity contribution is 0.249. The first-order valence-corrected chi connectivity index (χ1v) is 9.40. The Hall–Kier alpha value is -2.62. The lowest BCUT2D eigenvalue weighted by atomic mass is 10.0. The quantitative estimate of drug-likeness (QED) is 0.696. The highest BCUT2D eigenvalue weighted by Gasteiger charge is 2.25. The van der Waals surface area contributed by atoms with Gasteiger partial charge in [0.15, 0.2) is 11.5 Å². The standard InChI is InChI=1S/C20H21ClN6/c1-25(2)16-7-10-26(11-8-16)20-19-23-9-12-27(19)18(21)17(24-20)15-5-3-14(13-22)4-6-15/h3-6,9,12,16H,7-8,10-11H2,1-2H3. The van der Waals surface area contributed by atoms with Gasteiger partial charge in [0.2, 0.25) is 0 Å². The smallest absolute Gasteiger partial charge is 0.181 e. The lowest BCUT2D eigenvalue weighted by Gasteiger charge is -2.36. The molecule has 0 spiro atoms. The molecule has 2 aromatic heterocycles. The van der Waals surface area contributed by atoms with Crippen molar-refractivity contribution in [2.24, 2.45) is 0 Å². The molecule has 1 aliphatic rings. The zero-order valence-corrected chi connectivity index (χ0v) is 16.2. The summed E-state index contributed by atoms with van der Waals surface area (Å²) in [5.74, 6) is 0.862. The summed E-state index contributed by atoms with van der Waals surface area (Å²) in [5, 5.41) is 9.55. The van der Waals surface area contributed by atoms with Crippen LogP contribution in [0.15, 0.2) is 36.7 Å². The van der Waals surface area contributed by atoms with Crippen molar-refractivity contribution in [3.63, 3.8) is 0 Å². The van der Waals surface area contributed by atoms with E-state index in [0.717, 1.165) is 43.0 Å². The second-order valence-electron chi connectivity index (χ2n) is 7.07. The Bertz CT molecular complexity index is 994. The van der Waals surface area contributed by atoms with E-state index >= 15 is 0 Å². The predicted molar refractivity (Wildman–Crippen MR) is 107 cm³/mol. The number of benzene rings is 1. The largest absolute Gasteiger partial charge is 0.353 e. The van der Waals surface area contributed by atoms with Crippen LogP contribution in [0.4, 0.5) is 5.82 Å². The van der Waals surface area contributed by atoms with Crippen molar-refractivity contribution < 1.29 is 0 Å². The third kappa shape index (κ3) is 3.25. The number of anilines is 1. The summed E-state index contributed by atoms with van der Waals surface area (Å²) < 4.78 is 1.88. The zero-order valence-electron chi connectivity index (χ0n) is 15.4. The number of imidazole rings is 1. The number of aromatic nitrogens is 3. The Morgan fingerprint density at radius 2 is 1.89 bits per heavy atom. The lowest BCUT2D eigenvalue weighted by Crippen LogP contribution is -2.42. The number of rotatable bonds is 3. The fourth-order valence-electron chi connectivity index (χ4n) is 3.64. The summed E-state index contributed by atoms with van der Waals surface area (Å²) in [6.07, 6.45) is 5.80. The van der Waals surface area contributed by atoms with Crippen LogP contribution in [0.5, 0.6) is 0 Å². The molecule has 0 bridgehead atoms. The number of piperidine rings is 1. The summed E-state index contributed by atoms with van der Waals surface area (Å²) in [7, 11) is 4.27. The molecule has 0 unspecified atom stereocenters. The van der Waals surface area contributed by atoms with E-state index in [2.05, 4.69) is 34.9 Å². The van der Waals surface area contributed by atoms with Gasteiger partial charge in [-0.15, -0.1) is 0 Å². The first-order valence-electron chi connectivity index (χ1n) is 9.03. The molecule has 0 radical (unpaired) electrons. The predicted octanol–water partition coefficient (Wildman–Crippen LogP) is 3.45. The molecule has 1 aliphatic heterocycles. The Kier molecular flexibility index (Phi) is 4.73. The minimum atomic E-state index is 0.527. The van der Waals surface area contributed by atoms with E-state index < -0.39 is 0 Å². The van der Waals surface area contributed by atoms with Gasteiger partial charge in [0.05, 0.1) is 11.6 Å². The van der Waals surface area contributed by atoms with E-state index in [-0.39, 0.29) is 0 Å². The molecular weight excluding hydrogens is 360 g/mol. The van der Waals surface area contributed by atoms with E-state index in [4.69, 9.17) is 21.8 Å². The second-order valence-corrected chi connectivity index (χ2v) is 7.42. The van der Waals surface area contributed by atoms with Crippen LogP contribution in [0.1, 0.15) is 18.4 Å². The molecule has 3 aromatic rings. The highest BCUT2D eigenvalue weighted by molar-refractivity contribution is 6.32. The van der Waals surface area contributed by atoms with Crippen LogP contribution in [0.2, 0.25) is 5.15 Å². The summed E-state index contributed by atoms with van der Waals surface area (Å²) in [6, 6.07) is 10.1. The van der Waals surface area contributed by atoms with Crippen molar-refractivity contribution in [3.05, 3.63) is 47.4 Å². The number of halogens is 1. The summed E-state index contributed by atoms with van der Waals surface area (Å²) in [6.45, 7) is 1.87. The van der Waals surface area contributed by atoms with Gasteiger partial charge in [-0.05, 0) is 39.1 Å². The molecule has 1 saturated heterocycles. The summed E-state index contributed by atoms with van der Waals surface area (Å²) in [5.41, 5.74) is 2.99. The van der Waals surface area contributed by atoms with Gasteiger partial charge in [-0.2, -0.15) is 5.26 Å². The average molecular weight is 381 g/mol. The second kappa shape index (κ2) is 7.18. The van der Waals surface area contributed by atoms with Crippen LogP contribution < -0.4 is 4.90 Å². The molecule has 0 N–H and O–H groups in total. The van der Waals surface area contributed by atoms with Crippen LogP contribution in [0.25, 0.3) is 16.9 Å². The minimum absolute atomic E-state index is 0.527. The number of nitriles is 1. The minimum Gasteiger partial charge on any atom is -0.353 e. The van der Waals surface area contributed by atoms with Gasteiger partial charge >= 0.3 is 0 Å². The van der Waals surface area contributed by atoms with E-state index in [0.29, 0.717) is 22.5 Å². The monoisotopic (exact) mass is 380 g/mol. The first kappa shape index (κ1) is 17.8. The van der Waals surface area contributed by atoms with Crippen LogP contribution >= 0.6 is 11.6 Å². The topological polar surface area (TPSA) is 60.5 Å². The molecule has 4 rings (SSSR count). The molecule has 0 amide bonds. The van der Waals surface area contributed by atoms with Crippen LogP contribution in [-0.4, -0.2) is 52.5 Å². The molecule has 6 nitrogen and oxygen atoms in total. The third-order valence-electron chi connectivity index (χ3n) is 5.25. The average Bonchev–Trinajstić information content (AvgIpc) is 3.19. The Morgan fingerprint density at radius 3 is 2.52 bits per heavy atom. The van der Waals surface area contributed by atoms with Gasteiger partial charge in [0.1, 0.15) is 10.8 Å². The molecule has 0 saturated carbocycles. The number of hydrogen-bond acceptors (Lipinski definition) is 5. The fraction of sp³-hybridized carbons (Fsp3) is 0.350. The van der Waals surface area contributed by atoms with E-state index in [1.807, 2.05) is 22.7 Å². The zero-order chi connectivity index (χ0) is 19.0. The number of nitrogens with zero attached hydrogens (tertiary/aromatic N) is 6. The first-order chi connectivity index (χ1) is 13.1. The molecule has 1 fully saturated rings. The van der Waals surface area contributed by atoms with Crippen molar-refractivity contribution in [2.75, 3.05) is 32.1 Å². The maximum Gasteiger partial charge on any atom is 0.181 e. The van der Waals surface area contributed by atoms with E-state index in [1.165, 1.54) is 0 Å². The Morgan fingerprint density at radius 1 is 1.19 bits per heavy atom. The maximum absolute atomic E-state index is 9.03. The molecule has 7 heteroatoms. The molecule has 1 aromatic carbocycles. The SMILES string of the molecule is CN(C)C1CCN(c2nc(-c3ccc(C#N)cc3)c(Cl)n3ccnc23)CC1. The third-order valence-corrected chi connectivity index (χ3v) is 5.61. The van der Waals surface area contributed by atoms with Crippen molar-refractivity contribution in [1.82, 2.24) is 19.3 Å². The summed E-state index contributed by atoms with van der Waals surface area (Å²) >= 11 is 6.64. The summed E-state index contributed by atoms with van der Waals surface area (Å²) in [4.78, 5) is 14.0. The molecule has 0 atom stereocenters. The molecule has 138 valence electrons. The van der Waals surface area contributed by atoms with Crippen LogP contribution in [0, 0.1) is 11.3 Å². The van der Waals surface area contributed by atoms with Gasteiger partial charge in [-0.3, -0.25) is 4.40 Å². The van der Waals surface area contributed by atoms with E-state index in [1.54, 1.807) is 18.3 Å². The highest BCUT2D eigenvalue weighted by Crippen LogP contribution is 2.32. The van der Waals surface area contributed by atoms with Crippen molar-refractivity contribution >= 4 is 23.1 Å². The fourth-order valence-corrected chi connectivity index (χ4v) is 3.92. The maximum atomic E-state index is 9.03. The number of fused-ring (bicyclic) bond motifs is 1. The molecule has 0 aliphatic carbocycles. The van der Waals surface area contributed by atoms with Gasteiger partial charge in [0.25, 0.3) is 0 Å². The van der Waals surface area contributed by atoms with E-state index in [9.17, 15) is 0 Å². The normalized spacial score (nSPS) is 15.4. The van der Waals surface area contributed by atoms with Gasteiger partial charge < -0.3 is 9.80 Å². The van der Waals surface area contributed by atoms with Gasteiger partial charge in [-0.1, -0.05) is 23.7 Å². The van der Waals surface area contributed by atoms with Gasteiger partial charge in [-0.25, -0.2) is 9.97 Å². The Labute approximate surface area is 163 Å². The van der Waals surface area contributed by atoms with Crippen molar-refractivity contribution in [1.29, 1.82) is 5.26 Å². The molecular formula is C20H21ClN6. The Balaban J connectivity index is 1.76. The van der Waals surface area contributed by atoms with Crippen molar-refractivity contribution in [3.8, 4) is 17.3 Å². The van der Waals surface area contributed by atoms with Gasteiger partial charge in [0, 0.05) is 37.1 Å².